The fourth-order valence-corrected chi connectivity index (χ4v) is 4.03. The van der Waals surface area contributed by atoms with Gasteiger partial charge in [-0.25, -0.2) is 9.37 Å². The largest absolute Gasteiger partial charge is 0.480 e. The Bertz CT molecular complexity index is 1090. The van der Waals surface area contributed by atoms with E-state index < -0.39 is 6.17 Å². The monoisotopic (exact) mass is 503 g/mol. The molecule has 2 aliphatic heterocycles. The minimum atomic E-state index is -0.778. The molecule has 3 heterocycles. The molecule has 2 N–H and O–H groups in total. The average Bonchev–Trinajstić information content (AvgIpc) is 3.49. The highest BCUT2D eigenvalue weighted by Crippen LogP contribution is 2.22. The molecule has 186 valence electrons. The van der Waals surface area contributed by atoms with Gasteiger partial charge in [0.15, 0.2) is 0 Å². The summed E-state index contributed by atoms with van der Waals surface area (Å²) in [4.78, 5) is 37.0. The van der Waals surface area contributed by atoms with E-state index in [4.69, 9.17) is 16.3 Å². The van der Waals surface area contributed by atoms with Gasteiger partial charge in [-0.1, -0.05) is 17.7 Å². The van der Waals surface area contributed by atoms with Crippen molar-refractivity contribution in [3.63, 3.8) is 0 Å². The normalized spacial score (nSPS) is 18.8. The van der Waals surface area contributed by atoms with Crippen LogP contribution in [0, 0.1) is 0 Å². The van der Waals surface area contributed by atoms with E-state index in [-0.39, 0.29) is 17.7 Å². The summed E-state index contributed by atoms with van der Waals surface area (Å²) in [5, 5.41) is 4.89. The molecule has 0 bridgehead atoms. The van der Waals surface area contributed by atoms with Crippen molar-refractivity contribution < 1.29 is 18.7 Å². The Morgan fingerprint density at radius 3 is 2.77 bits per heavy atom. The van der Waals surface area contributed by atoms with Crippen molar-refractivity contribution in [3.05, 3.63) is 53.2 Å². The summed E-state index contributed by atoms with van der Waals surface area (Å²) in [5.41, 5.74) is 4.15. The van der Waals surface area contributed by atoms with Crippen molar-refractivity contribution in [2.75, 3.05) is 57.2 Å². The number of likely N-dealkylation sites (tertiary alicyclic amines) is 1. The smallest absolute Gasteiger partial charge is 0.254 e. The number of ether oxygens (including phenoxy) is 1. The van der Waals surface area contributed by atoms with Gasteiger partial charge in [0, 0.05) is 50.1 Å². The van der Waals surface area contributed by atoms with Gasteiger partial charge in [-0.2, -0.15) is 9.99 Å². The van der Waals surface area contributed by atoms with E-state index in [1.807, 2.05) is 9.91 Å². The summed E-state index contributed by atoms with van der Waals surface area (Å²) >= 11 is 5.95. The number of benzene rings is 1. The van der Waals surface area contributed by atoms with Crippen molar-refractivity contribution >= 4 is 35.1 Å². The van der Waals surface area contributed by atoms with Gasteiger partial charge in [-0.05, 0) is 30.7 Å². The Balaban J connectivity index is 1.25. The molecule has 2 aromatic rings. The number of anilines is 2. The van der Waals surface area contributed by atoms with Gasteiger partial charge >= 0.3 is 0 Å². The maximum absolute atomic E-state index is 13.2. The molecule has 10 nitrogen and oxygen atoms in total. The molecule has 0 radical (unpaired) electrons. The Morgan fingerprint density at radius 1 is 1.26 bits per heavy atom. The highest BCUT2D eigenvalue weighted by Gasteiger charge is 2.26. The molecule has 0 unspecified atom stereocenters. The average molecular weight is 504 g/mol. The van der Waals surface area contributed by atoms with E-state index in [2.05, 4.69) is 20.7 Å². The Labute approximate surface area is 207 Å². The summed E-state index contributed by atoms with van der Waals surface area (Å²) in [5.74, 6) is 0.183. The van der Waals surface area contributed by atoms with Crippen molar-refractivity contribution in [3.8, 4) is 5.88 Å². The van der Waals surface area contributed by atoms with Crippen LogP contribution in [0.15, 0.2) is 42.6 Å². The van der Waals surface area contributed by atoms with Crippen LogP contribution in [0.25, 0.3) is 0 Å². The quantitative estimate of drug-likeness (QED) is 0.529. The number of rotatable bonds is 8. The Morgan fingerprint density at radius 2 is 2.06 bits per heavy atom. The van der Waals surface area contributed by atoms with E-state index in [0.29, 0.717) is 68.0 Å². The van der Waals surface area contributed by atoms with Gasteiger partial charge in [-0.15, -0.1) is 0 Å². The first-order chi connectivity index (χ1) is 16.9. The molecule has 1 atom stereocenters. The Kier molecular flexibility index (Phi) is 8.11. The topological polar surface area (TPSA) is 103 Å². The van der Waals surface area contributed by atoms with E-state index in [1.54, 1.807) is 35.2 Å². The number of methoxy groups -OCH3 is 1. The lowest BCUT2D eigenvalue weighted by molar-refractivity contribution is -0.111. The van der Waals surface area contributed by atoms with E-state index >= 15 is 0 Å². The standard InChI is InChI=1S/C23H27ClFN7O3/c1-35-21-19(24)13-26-23(28-21)29-32-12-11-31(15-32)22(34)16-4-6-18(7-5-16)27-20(33)3-2-9-30-10-8-17(25)14-30/h2-7,13,17H,8-12,14-15H2,1H3,(H,27,33)(H,26,28,29)/b3-2+/t17-/m0/s1. The van der Waals surface area contributed by atoms with Gasteiger partial charge in [0.2, 0.25) is 17.7 Å². The predicted octanol–water partition coefficient (Wildman–Crippen LogP) is 2.42. The van der Waals surface area contributed by atoms with Crippen LogP contribution >= 0.6 is 11.6 Å². The van der Waals surface area contributed by atoms with E-state index in [1.165, 1.54) is 19.4 Å². The number of hydrogen-bond donors (Lipinski definition) is 2. The minimum absolute atomic E-state index is 0.126. The molecule has 0 saturated carbocycles. The highest BCUT2D eigenvalue weighted by atomic mass is 35.5. The molecule has 2 aliphatic rings. The summed E-state index contributed by atoms with van der Waals surface area (Å²) in [7, 11) is 1.47. The first-order valence-corrected chi connectivity index (χ1v) is 11.6. The molecule has 2 saturated heterocycles. The fourth-order valence-electron chi connectivity index (χ4n) is 3.86. The molecule has 1 aromatic carbocycles. The van der Waals surface area contributed by atoms with E-state index in [9.17, 15) is 14.0 Å². The maximum Gasteiger partial charge on any atom is 0.254 e. The lowest BCUT2D eigenvalue weighted by Crippen LogP contribution is -2.34. The van der Waals surface area contributed by atoms with Crippen LogP contribution in [0.2, 0.25) is 5.02 Å². The number of hydrazine groups is 1. The van der Waals surface area contributed by atoms with Crippen LogP contribution < -0.4 is 15.5 Å². The zero-order chi connectivity index (χ0) is 24.8. The number of aromatic nitrogens is 2. The second-order valence-electron chi connectivity index (χ2n) is 8.25. The van der Waals surface area contributed by atoms with Gasteiger partial charge in [-0.3, -0.25) is 19.9 Å². The molecule has 2 fully saturated rings. The zero-order valence-corrected chi connectivity index (χ0v) is 20.0. The van der Waals surface area contributed by atoms with Crippen LogP contribution in [0.1, 0.15) is 16.8 Å². The summed E-state index contributed by atoms with van der Waals surface area (Å²) in [6.07, 6.45) is 4.38. The molecule has 35 heavy (non-hydrogen) atoms. The minimum Gasteiger partial charge on any atom is -0.480 e. The van der Waals surface area contributed by atoms with Crippen molar-refractivity contribution in [2.24, 2.45) is 0 Å². The number of nitrogens with zero attached hydrogens (tertiary/aromatic N) is 5. The van der Waals surface area contributed by atoms with Gasteiger partial charge < -0.3 is 15.0 Å². The van der Waals surface area contributed by atoms with Crippen molar-refractivity contribution in [1.29, 1.82) is 0 Å². The van der Waals surface area contributed by atoms with Gasteiger partial charge in [0.05, 0.1) is 20.0 Å². The van der Waals surface area contributed by atoms with Gasteiger partial charge in [0.1, 0.15) is 11.2 Å². The number of halogens is 2. The lowest BCUT2D eigenvalue weighted by atomic mass is 10.2. The molecule has 4 rings (SSSR count). The van der Waals surface area contributed by atoms with Gasteiger partial charge in [0.25, 0.3) is 5.91 Å². The summed E-state index contributed by atoms with van der Waals surface area (Å²) in [6, 6.07) is 6.73. The van der Waals surface area contributed by atoms with Crippen LogP contribution in [-0.2, 0) is 4.79 Å². The predicted molar refractivity (Wildman–Crippen MR) is 130 cm³/mol. The van der Waals surface area contributed by atoms with E-state index in [0.717, 1.165) is 0 Å². The second kappa shape index (κ2) is 11.4. The maximum atomic E-state index is 13.2. The third kappa shape index (κ3) is 6.65. The third-order valence-corrected chi connectivity index (χ3v) is 5.94. The number of carbonyl (C=O) groups excluding carboxylic acids is 2. The molecule has 0 aliphatic carbocycles. The molecule has 2 amide bonds. The number of hydrogen-bond acceptors (Lipinski definition) is 8. The summed E-state index contributed by atoms with van der Waals surface area (Å²) < 4.78 is 18.3. The zero-order valence-electron chi connectivity index (χ0n) is 19.3. The number of nitrogens with one attached hydrogen (secondary N) is 2. The molecular weight excluding hydrogens is 477 g/mol. The third-order valence-electron chi connectivity index (χ3n) is 5.68. The number of carbonyl (C=O) groups is 2. The van der Waals surface area contributed by atoms with Crippen LogP contribution in [-0.4, -0.2) is 89.3 Å². The SMILES string of the molecule is COc1nc(NN2CCN(C(=O)c3ccc(NC(=O)/C=C/CN4CC[C@H](F)C4)cc3)C2)ncc1Cl. The molecule has 0 spiro atoms. The first kappa shape index (κ1) is 24.8. The molecular formula is C23H27ClFN7O3. The lowest BCUT2D eigenvalue weighted by Gasteiger charge is -2.19. The van der Waals surface area contributed by atoms with Crippen LogP contribution in [0.3, 0.4) is 0 Å². The second-order valence-corrected chi connectivity index (χ2v) is 8.66. The van der Waals surface area contributed by atoms with Crippen LogP contribution in [0.4, 0.5) is 16.0 Å². The first-order valence-electron chi connectivity index (χ1n) is 11.2. The highest BCUT2D eigenvalue weighted by molar-refractivity contribution is 6.31. The van der Waals surface area contributed by atoms with Crippen molar-refractivity contribution in [1.82, 2.24) is 24.8 Å². The van der Waals surface area contributed by atoms with Crippen LogP contribution in [0.5, 0.6) is 5.88 Å². The number of amides is 2. The summed E-state index contributed by atoms with van der Waals surface area (Å²) in [6.45, 7) is 3.12. The fraction of sp³-hybridized carbons (Fsp3) is 0.391. The molecule has 12 heteroatoms. The van der Waals surface area contributed by atoms with Crippen molar-refractivity contribution in [2.45, 2.75) is 12.6 Å². The molecule has 1 aromatic heterocycles. The number of alkyl halides is 1. The Hall–Kier alpha value is -3.28.